The zero-order valence-electron chi connectivity index (χ0n) is 8.11. The summed E-state index contributed by atoms with van der Waals surface area (Å²) in [7, 11) is 0. The Balaban J connectivity index is 2.63. The number of H-pyrrole nitrogens is 1. The van der Waals surface area contributed by atoms with Gasteiger partial charge in [-0.1, -0.05) is 41.7 Å². The molecule has 2 aromatic rings. The summed E-state index contributed by atoms with van der Waals surface area (Å²) in [5, 5.41) is 0. The van der Waals surface area contributed by atoms with Crippen molar-refractivity contribution in [1.82, 2.24) is 4.98 Å². The summed E-state index contributed by atoms with van der Waals surface area (Å²) in [6.07, 6.45) is 0. The first-order valence-corrected chi connectivity index (χ1v) is 5.29. The first-order chi connectivity index (χ1) is 7.18. The van der Waals surface area contributed by atoms with E-state index in [1.807, 2.05) is 30.3 Å². The summed E-state index contributed by atoms with van der Waals surface area (Å²) >= 11 is 0.957. The van der Waals surface area contributed by atoms with Crippen LogP contribution in [-0.2, 0) is 0 Å². The van der Waals surface area contributed by atoms with Crippen LogP contribution in [0.5, 0.6) is 0 Å². The fraction of sp³-hybridized carbons (Fsp3) is 0.0909. The molecule has 3 nitrogen and oxygen atoms in total. The lowest BCUT2D eigenvalue weighted by atomic mass is 10.1. The van der Waals surface area contributed by atoms with Crippen LogP contribution in [0.25, 0.3) is 11.3 Å². The average Bonchev–Trinajstić information content (AvgIpc) is 2.62. The molecule has 0 saturated heterocycles. The number of rotatable bonds is 2. The lowest BCUT2D eigenvalue weighted by Gasteiger charge is -1.98. The van der Waals surface area contributed by atoms with Gasteiger partial charge in [0.1, 0.15) is 0 Å². The van der Waals surface area contributed by atoms with E-state index in [2.05, 4.69) is 4.98 Å². The normalized spacial score (nSPS) is 10.2. The molecular weight excluding hydrogens is 210 g/mol. The van der Waals surface area contributed by atoms with E-state index in [0.29, 0.717) is 10.6 Å². The van der Waals surface area contributed by atoms with Crippen LogP contribution in [-0.4, -0.2) is 10.8 Å². The number of aromatic amines is 1. The van der Waals surface area contributed by atoms with Gasteiger partial charge >= 0.3 is 4.87 Å². The molecule has 1 aromatic heterocycles. The second-order valence-electron chi connectivity index (χ2n) is 3.14. The van der Waals surface area contributed by atoms with Crippen molar-refractivity contribution < 1.29 is 4.79 Å². The smallest absolute Gasteiger partial charge is 0.305 e. The van der Waals surface area contributed by atoms with Gasteiger partial charge in [-0.3, -0.25) is 9.59 Å². The summed E-state index contributed by atoms with van der Waals surface area (Å²) in [5.74, 6) is -0.0859. The van der Waals surface area contributed by atoms with Gasteiger partial charge in [-0.15, -0.1) is 0 Å². The quantitative estimate of drug-likeness (QED) is 0.788. The van der Waals surface area contributed by atoms with Gasteiger partial charge < -0.3 is 4.98 Å². The van der Waals surface area contributed by atoms with Crippen molar-refractivity contribution in [3.05, 3.63) is 44.9 Å². The first-order valence-electron chi connectivity index (χ1n) is 4.48. The summed E-state index contributed by atoms with van der Waals surface area (Å²) < 4.78 is 0. The number of Topliss-reactive ketones (excluding diaryl/α,β-unsaturated/α-hetero) is 1. The number of hydrogen-bond donors (Lipinski definition) is 1. The van der Waals surface area contributed by atoms with Crippen molar-refractivity contribution in [2.45, 2.75) is 6.92 Å². The first kappa shape index (κ1) is 9.86. The van der Waals surface area contributed by atoms with Crippen molar-refractivity contribution >= 4 is 17.1 Å². The highest BCUT2D eigenvalue weighted by Crippen LogP contribution is 2.22. The minimum absolute atomic E-state index is 0.0859. The van der Waals surface area contributed by atoms with Crippen LogP contribution in [0.2, 0.25) is 0 Å². The number of thiazole rings is 1. The van der Waals surface area contributed by atoms with Gasteiger partial charge in [0.25, 0.3) is 0 Å². The van der Waals surface area contributed by atoms with E-state index in [9.17, 15) is 9.59 Å². The Kier molecular flexibility index (Phi) is 2.51. The highest BCUT2D eigenvalue weighted by molar-refractivity contribution is 7.11. The molecule has 0 aliphatic rings. The van der Waals surface area contributed by atoms with E-state index < -0.39 is 0 Å². The van der Waals surface area contributed by atoms with E-state index in [1.165, 1.54) is 6.92 Å². The summed E-state index contributed by atoms with van der Waals surface area (Å²) in [6.45, 7) is 1.46. The van der Waals surface area contributed by atoms with Crippen molar-refractivity contribution in [3.8, 4) is 11.3 Å². The SMILES string of the molecule is CC(=O)c1sc(=O)[nH]c1-c1ccccc1. The maximum absolute atomic E-state index is 11.3. The van der Waals surface area contributed by atoms with Crippen LogP contribution in [0, 0.1) is 0 Å². The zero-order valence-corrected chi connectivity index (χ0v) is 8.93. The molecule has 1 N–H and O–H groups in total. The molecule has 15 heavy (non-hydrogen) atoms. The Morgan fingerprint density at radius 3 is 2.53 bits per heavy atom. The monoisotopic (exact) mass is 219 g/mol. The van der Waals surface area contributed by atoms with E-state index >= 15 is 0 Å². The van der Waals surface area contributed by atoms with Crippen LogP contribution in [0.1, 0.15) is 16.6 Å². The van der Waals surface area contributed by atoms with Gasteiger partial charge in [0.05, 0.1) is 10.6 Å². The van der Waals surface area contributed by atoms with Gasteiger partial charge in [-0.2, -0.15) is 0 Å². The third-order valence-electron chi connectivity index (χ3n) is 2.03. The molecule has 0 fully saturated rings. The predicted molar refractivity (Wildman–Crippen MR) is 60.4 cm³/mol. The Morgan fingerprint density at radius 1 is 1.27 bits per heavy atom. The van der Waals surface area contributed by atoms with Gasteiger partial charge in [0, 0.05) is 6.92 Å². The average molecular weight is 219 g/mol. The largest absolute Gasteiger partial charge is 0.312 e. The second-order valence-corrected chi connectivity index (χ2v) is 4.12. The van der Waals surface area contributed by atoms with E-state index in [1.54, 1.807) is 0 Å². The van der Waals surface area contributed by atoms with E-state index in [-0.39, 0.29) is 10.7 Å². The number of carbonyl (C=O) groups is 1. The molecule has 0 aliphatic carbocycles. The molecular formula is C11H9NO2S. The second kappa shape index (κ2) is 3.82. The van der Waals surface area contributed by atoms with Gasteiger partial charge in [0.15, 0.2) is 5.78 Å². The maximum Gasteiger partial charge on any atom is 0.305 e. The summed E-state index contributed by atoms with van der Waals surface area (Å²) in [6, 6.07) is 9.36. The van der Waals surface area contributed by atoms with Gasteiger partial charge in [-0.05, 0) is 5.56 Å². The molecule has 0 spiro atoms. The molecule has 1 aromatic carbocycles. The Hall–Kier alpha value is -1.68. The Morgan fingerprint density at radius 2 is 1.93 bits per heavy atom. The minimum Gasteiger partial charge on any atom is -0.312 e. The number of carbonyl (C=O) groups excluding carboxylic acids is 1. The molecule has 0 radical (unpaired) electrons. The number of aromatic nitrogens is 1. The van der Waals surface area contributed by atoms with Crippen molar-refractivity contribution in [3.63, 3.8) is 0 Å². The van der Waals surface area contributed by atoms with Crippen molar-refractivity contribution in [2.75, 3.05) is 0 Å². The molecule has 0 amide bonds. The molecule has 2 rings (SSSR count). The summed E-state index contributed by atoms with van der Waals surface area (Å²) in [4.78, 5) is 25.5. The van der Waals surface area contributed by atoms with Crippen LogP contribution in [0.15, 0.2) is 35.1 Å². The highest BCUT2D eigenvalue weighted by Gasteiger charge is 2.13. The molecule has 0 bridgehead atoms. The van der Waals surface area contributed by atoms with Crippen molar-refractivity contribution in [2.24, 2.45) is 0 Å². The lowest BCUT2D eigenvalue weighted by Crippen LogP contribution is -1.93. The zero-order chi connectivity index (χ0) is 10.8. The standard InChI is InChI=1S/C11H9NO2S/c1-7(13)10-9(12-11(14)15-10)8-5-3-2-4-6-8/h2-6H,1H3,(H,12,14). The van der Waals surface area contributed by atoms with Crippen LogP contribution in [0.3, 0.4) is 0 Å². The Labute approximate surface area is 90.4 Å². The molecule has 76 valence electrons. The Bertz CT molecular complexity index is 539. The topological polar surface area (TPSA) is 49.9 Å². The molecule has 1 heterocycles. The molecule has 0 aliphatic heterocycles. The van der Waals surface area contributed by atoms with E-state index in [4.69, 9.17) is 0 Å². The lowest BCUT2D eigenvalue weighted by molar-refractivity contribution is 0.102. The van der Waals surface area contributed by atoms with Gasteiger partial charge in [0.2, 0.25) is 0 Å². The minimum atomic E-state index is -0.195. The molecule has 4 heteroatoms. The van der Waals surface area contributed by atoms with Gasteiger partial charge in [-0.25, -0.2) is 0 Å². The molecule has 0 atom stereocenters. The van der Waals surface area contributed by atoms with Crippen LogP contribution < -0.4 is 4.87 Å². The maximum atomic E-state index is 11.3. The third-order valence-corrected chi connectivity index (χ3v) is 3.01. The fourth-order valence-corrected chi connectivity index (χ4v) is 2.14. The number of hydrogen-bond acceptors (Lipinski definition) is 3. The molecule has 0 saturated carbocycles. The van der Waals surface area contributed by atoms with E-state index in [0.717, 1.165) is 16.9 Å². The van der Waals surface area contributed by atoms with Crippen LogP contribution in [0.4, 0.5) is 0 Å². The number of ketones is 1. The summed E-state index contributed by atoms with van der Waals surface area (Å²) in [5.41, 5.74) is 1.49. The molecule has 0 unspecified atom stereocenters. The van der Waals surface area contributed by atoms with Crippen LogP contribution >= 0.6 is 11.3 Å². The number of benzene rings is 1. The third kappa shape index (κ3) is 1.89. The fourth-order valence-electron chi connectivity index (χ4n) is 1.38. The van der Waals surface area contributed by atoms with Crippen molar-refractivity contribution in [1.29, 1.82) is 0 Å². The number of nitrogens with one attached hydrogen (secondary N) is 1. The predicted octanol–water partition coefficient (Wildman–Crippen LogP) is 2.31. The highest BCUT2D eigenvalue weighted by atomic mass is 32.1.